The number of thioether (sulfide) groups is 1. The molecule has 1 fully saturated rings. The van der Waals surface area contributed by atoms with Gasteiger partial charge in [0.1, 0.15) is 0 Å². The lowest BCUT2D eigenvalue weighted by atomic mass is 10.1. The third-order valence-electron chi connectivity index (χ3n) is 3.94. The molecule has 146 valence electrons. The molecule has 2 aromatic rings. The van der Waals surface area contributed by atoms with Gasteiger partial charge in [-0.15, -0.1) is 0 Å². The smallest absolute Gasteiger partial charge is 0.270 e. The van der Waals surface area contributed by atoms with Crippen LogP contribution in [0.1, 0.15) is 5.56 Å². The van der Waals surface area contributed by atoms with Crippen LogP contribution in [0.2, 0.25) is 10.0 Å². The van der Waals surface area contributed by atoms with Crippen molar-refractivity contribution < 1.29 is 19.0 Å². The fourth-order valence-electron chi connectivity index (χ4n) is 2.65. The molecule has 1 amide bonds. The molecular weight excluding hydrogens is 441 g/mol. The van der Waals surface area contributed by atoms with E-state index >= 15 is 0 Å². The van der Waals surface area contributed by atoms with Crippen LogP contribution in [-0.4, -0.2) is 31.6 Å². The van der Waals surface area contributed by atoms with E-state index < -0.39 is 0 Å². The van der Waals surface area contributed by atoms with Crippen molar-refractivity contribution in [1.29, 1.82) is 0 Å². The van der Waals surface area contributed by atoms with Gasteiger partial charge in [0.25, 0.3) is 5.91 Å². The second kappa shape index (κ2) is 8.61. The standard InChI is InChI=1S/C19H15Cl2NO4S2/c1-24-14-6-10(7-15(25-2)17(14)26-3)8-16-18(23)22(19(27)28-16)11-4-5-12(20)13(21)9-11/h4-9H,1-3H3. The van der Waals surface area contributed by atoms with E-state index in [4.69, 9.17) is 49.6 Å². The Balaban J connectivity index is 1.99. The van der Waals surface area contributed by atoms with E-state index in [2.05, 4.69) is 0 Å². The Morgan fingerprint density at radius 3 is 2.18 bits per heavy atom. The zero-order valence-corrected chi connectivity index (χ0v) is 18.3. The number of carbonyl (C=O) groups excluding carboxylic acids is 1. The molecule has 28 heavy (non-hydrogen) atoms. The summed E-state index contributed by atoms with van der Waals surface area (Å²) in [6, 6.07) is 8.44. The summed E-state index contributed by atoms with van der Waals surface area (Å²) in [5.41, 5.74) is 1.27. The summed E-state index contributed by atoms with van der Waals surface area (Å²) in [6.45, 7) is 0. The molecule has 5 nitrogen and oxygen atoms in total. The summed E-state index contributed by atoms with van der Waals surface area (Å²) in [5.74, 6) is 1.22. The maximum absolute atomic E-state index is 12.9. The Kier molecular flexibility index (Phi) is 6.40. The molecule has 0 unspecified atom stereocenters. The highest BCUT2D eigenvalue weighted by Gasteiger charge is 2.33. The number of rotatable bonds is 5. The van der Waals surface area contributed by atoms with Crippen molar-refractivity contribution in [3.8, 4) is 17.2 Å². The average Bonchev–Trinajstić information content (AvgIpc) is 2.96. The first-order valence-corrected chi connectivity index (χ1v) is 9.90. The Bertz CT molecular complexity index is 969. The number of anilines is 1. The predicted octanol–water partition coefficient (Wildman–Crippen LogP) is 5.43. The topological polar surface area (TPSA) is 48.0 Å². The van der Waals surface area contributed by atoms with Crippen LogP contribution in [0.25, 0.3) is 6.08 Å². The molecule has 1 aliphatic rings. The van der Waals surface area contributed by atoms with Gasteiger partial charge in [0.15, 0.2) is 15.8 Å². The lowest BCUT2D eigenvalue weighted by Crippen LogP contribution is -2.27. The molecule has 0 aromatic heterocycles. The van der Waals surface area contributed by atoms with Gasteiger partial charge in [-0.3, -0.25) is 9.69 Å². The highest BCUT2D eigenvalue weighted by atomic mass is 35.5. The maximum Gasteiger partial charge on any atom is 0.270 e. The van der Waals surface area contributed by atoms with Gasteiger partial charge < -0.3 is 14.2 Å². The van der Waals surface area contributed by atoms with Crippen LogP contribution in [0.4, 0.5) is 5.69 Å². The Hall–Kier alpha value is -1.93. The third-order valence-corrected chi connectivity index (χ3v) is 5.98. The molecule has 1 saturated heterocycles. The zero-order valence-electron chi connectivity index (χ0n) is 15.1. The van der Waals surface area contributed by atoms with Crippen molar-refractivity contribution in [2.45, 2.75) is 0 Å². The molecule has 0 atom stereocenters. The van der Waals surface area contributed by atoms with Crippen molar-refractivity contribution in [2.24, 2.45) is 0 Å². The molecule has 1 heterocycles. The van der Waals surface area contributed by atoms with Crippen LogP contribution in [0.15, 0.2) is 35.2 Å². The minimum absolute atomic E-state index is 0.248. The molecular formula is C19H15Cl2NO4S2. The third kappa shape index (κ3) is 3.93. The number of benzene rings is 2. The quantitative estimate of drug-likeness (QED) is 0.442. The van der Waals surface area contributed by atoms with E-state index in [1.54, 1.807) is 36.4 Å². The Labute approximate surface area is 182 Å². The highest BCUT2D eigenvalue weighted by molar-refractivity contribution is 8.27. The van der Waals surface area contributed by atoms with Crippen LogP contribution in [0, 0.1) is 0 Å². The molecule has 0 spiro atoms. The number of hydrogen-bond donors (Lipinski definition) is 0. The van der Waals surface area contributed by atoms with Crippen LogP contribution in [0.5, 0.6) is 17.2 Å². The highest BCUT2D eigenvalue weighted by Crippen LogP contribution is 2.41. The lowest BCUT2D eigenvalue weighted by Gasteiger charge is -2.15. The number of nitrogens with zero attached hydrogens (tertiary/aromatic N) is 1. The SMILES string of the molecule is COc1cc(C=C2SC(=S)N(c3ccc(Cl)c(Cl)c3)C2=O)cc(OC)c1OC. The summed E-state index contributed by atoms with van der Waals surface area (Å²) in [4.78, 5) is 14.8. The first-order valence-electron chi connectivity index (χ1n) is 7.92. The van der Waals surface area contributed by atoms with Crippen molar-refractivity contribution >= 4 is 69.2 Å². The second-order valence-corrected chi connectivity index (χ2v) is 8.06. The van der Waals surface area contributed by atoms with E-state index in [0.29, 0.717) is 47.8 Å². The van der Waals surface area contributed by atoms with E-state index in [-0.39, 0.29) is 5.91 Å². The number of thiocarbonyl (C=S) groups is 1. The number of methoxy groups -OCH3 is 3. The second-order valence-electron chi connectivity index (χ2n) is 5.57. The molecule has 0 saturated carbocycles. The van der Waals surface area contributed by atoms with Gasteiger partial charge in [0, 0.05) is 0 Å². The fraction of sp³-hybridized carbons (Fsp3) is 0.158. The maximum atomic E-state index is 12.9. The van der Waals surface area contributed by atoms with Crippen molar-refractivity contribution in [2.75, 3.05) is 26.2 Å². The number of amides is 1. The van der Waals surface area contributed by atoms with Gasteiger partial charge in [-0.1, -0.05) is 47.2 Å². The summed E-state index contributed by atoms with van der Waals surface area (Å²) >= 11 is 18.6. The van der Waals surface area contributed by atoms with Crippen LogP contribution >= 0.6 is 47.2 Å². The van der Waals surface area contributed by atoms with Gasteiger partial charge >= 0.3 is 0 Å². The largest absolute Gasteiger partial charge is 0.493 e. The molecule has 0 bridgehead atoms. The molecule has 1 aliphatic heterocycles. The van der Waals surface area contributed by atoms with E-state index in [1.807, 2.05) is 0 Å². The van der Waals surface area contributed by atoms with Crippen molar-refractivity contribution in [1.82, 2.24) is 0 Å². The monoisotopic (exact) mass is 455 g/mol. The average molecular weight is 456 g/mol. The number of hydrogen-bond acceptors (Lipinski definition) is 6. The van der Waals surface area contributed by atoms with Crippen LogP contribution in [-0.2, 0) is 4.79 Å². The number of carbonyl (C=O) groups is 1. The predicted molar refractivity (Wildman–Crippen MR) is 118 cm³/mol. The fourth-order valence-corrected chi connectivity index (χ4v) is 4.24. The summed E-state index contributed by atoms with van der Waals surface area (Å²) in [7, 11) is 4.60. The first kappa shape index (κ1) is 20.8. The summed E-state index contributed by atoms with van der Waals surface area (Å²) < 4.78 is 16.4. The van der Waals surface area contributed by atoms with Crippen molar-refractivity contribution in [3.05, 3.63) is 50.8 Å². The normalized spacial score (nSPS) is 15.3. The van der Waals surface area contributed by atoms with E-state index in [0.717, 1.165) is 0 Å². The van der Waals surface area contributed by atoms with Crippen LogP contribution < -0.4 is 19.1 Å². The Morgan fingerprint density at radius 1 is 1.00 bits per heavy atom. The molecule has 0 N–H and O–H groups in total. The van der Waals surface area contributed by atoms with Gasteiger partial charge in [0.2, 0.25) is 5.75 Å². The summed E-state index contributed by atoms with van der Waals surface area (Å²) in [5, 5.41) is 0.755. The minimum Gasteiger partial charge on any atom is -0.493 e. The molecule has 9 heteroatoms. The number of halogens is 2. The summed E-state index contributed by atoms with van der Waals surface area (Å²) in [6.07, 6.45) is 1.72. The molecule has 0 radical (unpaired) electrons. The van der Waals surface area contributed by atoms with Crippen LogP contribution in [0.3, 0.4) is 0 Å². The van der Waals surface area contributed by atoms with Gasteiger partial charge in [-0.2, -0.15) is 0 Å². The molecule has 2 aromatic carbocycles. The van der Waals surface area contributed by atoms with Gasteiger partial charge in [-0.25, -0.2) is 0 Å². The molecule has 3 rings (SSSR count). The van der Waals surface area contributed by atoms with Crippen molar-refractivity contribution in [3.63, 3.8) is 0 Å². The number of ether oxygens (including phenoxy) is 3. The zero-order chi connectivity index (χ0) is 20.4. The van der Waals surface area contributed by atoms with Gasteiger partial charge in [0.05, 0.1) is 42.0 Å². The Morgan fingerprint density at radius 2 is 1.64 bits per heavy atom. The minimum atomic E-state index is -0.248. The molecule has 0 aliphatic carbocycles. The van der Waals surface area contributed by atoms with E-state index in [1.165, 1.54) is 38.0 Å². The van der Waals surface area contributed by atoms with E-state index in [9.17, 15) is 4.79 Å². The lowest BCUT2D eigenvalue weighted by molar-refractivity contribution is -0.113. The first-order chi connectivity index (χ1) is 13.4. The van der Waals surface area contributed by atoms with Gasteiger partial charge in [-0.05, 0) is 42.0 Å².